The fourth-order valence-electron chi connectivity index (χ4n) is 3.10. The smallest absolute Gasteiger partial charge is 0.306 e. The van der Waals surface area contributed by atoms with Crippen LogP contribution in [-0.2, 0) is 24.3 Å². The summed E-state index contributed by atoms with van der Waals surface area (Å²) in [6.07, 6.45) is 1.67. The molecule has 3 aromatic rings. The molecule has 1 unspecified atom stereocenters. The molecule has 0 fully saturated rings. The van der Waals surface area contributed by atoms with Gasteiger partial charge >= 0.3 is 5.97 Å². The molecule has 2 aromatic heterocycles. The summed E-state index contributed by atoms with van der Waals surface area (Å²) < 4.78 is 43.3. The number of sulfonamides is 1. The number of rotatable bonds is 9. The highest BCUT2D eigenvalue weighted by atomic mass is 32.2. The van der Waals surface area contributed by atoms with Crippen LogP contribution in [0.25, 0.3) is 11.2 Å². The number of carbonyl (C=O) groups excluding carboxylic acids is 2. The molecule has 0 saturated carbocycles. The van der Waals surface area contributed by atoms with Crippen molar-refractivity contribution in [2.24, 2.45) is 0 Å². The van der Waals surface area contributed by atoms with Crippen LogP contribution in [0.4, 0.5) is 5.82 Å². The predicted octanol–water partition coefficient (Wildman–Crippen LogP) is 0.753. The van der Waals surface area contributed by atoms with Gasteiger partial charge in [0.2, 0.25) is 10.0 Å². The molecule has 4 rings (SSSR count). The number of carbonyl (C=O) groups is 2. The van der Waals surface area contributed by atoms with E-state index in [0.29, 0.717) is 35.9 Å². The van der Waals surface area contributed by atoms with Crippen LogP contribution in [0.5, 0.6) is 11.5 Å². The van der Waals surface area contributed by atoms with Crippen LogP contribution in [0.3, 0.4) is 0 Å². The van der Waals surface area contributed by atoms with Crippen LogP contribution in [0, 0.1) is 0 Å². The number of esters is 1. The van der Waals surface area contributed by atoms with Gasteiger partial charge in [-0.25, -0.2) is 28.1 Å². The SMILES string of the molecule is CC(OC(=O)CCCNS(=O)(=O)c1ccc2c(c1)OCCO2)C(=O)Nc1ncnc2nc[nH]c12. The number of H-pyrrole nitrogens is 1. The van der Waals surface area contributed by atoms with Crippen molar-refractivity contribution >= 4 is 38.9 Å². The molecule has 1 aliphatic heterocycles. The van der Waals surface area contributed by atoms with Crippen molar-refractivity contribution < 1.29 is 32.2 Å². The van der Waals surface area contributed by atoms with Crippen LogP contribution in [0.1, 0.15) is 19.8 Å². The van der Waals surface area contributed by atoms with Gasteiger partial charge in [0, 0.05) is 19.0 Å². The Hall–Kier alpha value is -3.78. The van der Waals surface area contributed by atoms with Crippen molar-refractivity contribution in [3.05, 3.63) is 30.9 Å². The van der Waals surface area contributed by atoms with E-state index in [9.17, 15) is 18.0 Å². The van der Waals surface area contributed by atoms with E-state index >= 15 is 0 Å². The van der Waals surface area contributed by atoms with Gasteiger partial charge in [-0.15, -0.1) is 0 Å². The summed E-state index contributed by atoms with van der Waals surface area (Å²) in [7, 11) is -3.80. The topological polar surface area (TPSA) is 174 Å². The molecule has 3 heterocycles. The number of hydrogen-bond acceptors (Lipinski definition) is 10. The van der Waals surface area contributed by atoms with Gasteiger partial charge in [-0.05, 0) is 25.5 Å². The van der Waals surface area contributed by atoms with Crippen LogP contribution in [0.2, 0.25) is 0 Å². The van der Waals surface area contributed by atoms with Gasteiger partial charge < -0.3 is 24.5 Å². The third-order valence-corrected chi connectivity index (χ3v) is 6.27. The standard InChI is InChI=1S/C20H22N6O7S/c1-12(20(28)26-19-17-18(22-10-21-17)23-11-24-19)33-16(27)3-2-6-25-34(29,30)13-4-5-14-15(9-13)32-8-7-31-14/h4-5,9-12,25H,2-3,6-8H2,1H3,(H2,21,22,23,24,26,28). The van der Waals surface area contributed by atoms with Crippen LogP contribution >= 0.6 is 0 Å². The maximum Gasteiger partial charge on any atom is 0.306 e. The molecule has 180 valence electrons. The second-order valence-electron chi connectivity index (χ2n) is 7.25. The lowest BCUT2D eigenvalue weighted by Gasteiger charge is -2.19. The van der Waals surface area contributed by atoms with Crippen LogP contribution in [0.15, 0.2) is 35.7 Å². The zero-order valence-electron chi connectivity index (χ0n) is 18.1. The lowest BCUT2D eigenvalue weighted by molar-refractivity contribution is -0.153. The van der Waals surface area contributed by atoms with Gasteiger partial charge in [0.25, 0.3) is 5.91 Å². The first-order valence-corrected chi connectivity index (χ1v) is 11.9. The number of benzene rings is 1. The molecule has 1 aromatic carbocycles. The first-order valence-electron chi connectivity index (χ1n) is 10.4. The summed E-state index contributed by atoms with van der Waals surface area (Å²) >= 11 is 0. The number of imidazole rings is 1. The van der Waals surface area contributed by atoms with E-state index in [4.69, 9.17) is 14.2 Å². The fraction of sp³-hybridized carbons (Fsp3) is 0.350. The van der Waals surface area contributed by atoms with E-state index in [0.717, 1.165) is 0 Å². The van der Waals surface area contributed by atoms with Gasteiger partial charge in [-0.2, -0.15) is 0 Å². The minimum atomic E-state index is -3.80. The van der Waals surface area contributed by atoms with Crippen LogP contribution in [-0.4, -0.2) is 66.1 Å². The van der Waals surface area contributed by atoms with Gasteiger partial charge in [0.05, 0.1) is 11.2 Å². The molecule has 1 atom stereocenters. The number of aromatic amines is 1. The van der Waals surface area contributed by atoms with Gasteiger partial charge in [0.1, 0.15) is 25.1 Å². The molecular formula is C20H22N6O7S. The summed E-state index contributed by atoms with van der Waals surface area (Å²) in [5, 5.41) is 2.55. The summed E-state index contributed by atoms with van der Waals surface area (Å²) in [6, 6.07) is 4.34. The highest BCUT2D eigenvalue weighted by Gasteiger charge is 2.21. The van der Waals surface area contributed by atoms with Crippen molar-refractivity contribution in [3.8, 4) is 11.5 Å². The molecule has 0 spiro atoms. The predicted molar refractivity (Wildman–Crippen MR) is 118 cm³/mol. The summed E-state index contributed by atoms with van der Waals surface area (Å²) in [5.74, 6) is -0.165. The van der Waals surface area contributed by atoms with Crippen molar-refractivity contribution in [3.63, 3.8) is 0 Å². The van der Waals surface area contributed by atoms with E-state index < -0.39 is 28.0 Å². The van der Waals surface area contributed by atoms with Crippen molar-refractivity contribution in [1.29, 1.82) is 0 Å². The minimum Gasteiger partial charge on any atom is -0.486 e. The number of nitrogens with zero attached hydrogens (tertiary/aromatic N) is 3. The lowest BCUT2D eigenvalue weighted by Crippen LogP contribution is -2.31. The second-order valence-corrected chi connectivity index (χ2v) is 9.02. The zero-order chi connectivity index (χ0) is 24.1. The van der Waals surface area contributed by atoms with Gasteiger partial charge in [-0.3, -0.25) is 9.59 Å². The number of aromatic nitrogens is 4. The highest BCUT2D eigenvalue weighted by molar-refractivity contribution is 7.89. The summed E-state index contributed by atoms with van der Waals surface area (Å²) in [4.78, 5) is 39.2. The number of amides is 1. The zero-order valence-corrected chi connectivity index (χ0v) is 18.9. The van der Waals surface area contributed by atoms with Crippen molar-refractivity contribution in [2.75, 3.05) is 25.1 Å². The minimum absolute atomic E-state index is 0.00515. The molecule has 1 aliphatic rings. The highest BCUT2D eigenvalue weighted by Crippen LogP contribution is 2.32. The second kappa shape index (κ2) is 10.0. The molecule has 0 bridgehead atoms. The Balaban J connectivity index is 1.22. The van der Waals surface area contributed by atoms with E-state index in [1.807, 2.05) is 0 Å². The lowest BCUT2D eigenvalue weighted by atomic mass is 10.3. The average molecular weight is 490 g/mol. The molecule has 0 aliphatic carbocycles. The van der Waals surface area contributed by atoms with E-state index in [-0.39, 0.29) is 30.1 Å². The molecule has 14 heteroatoms. The normalized spacial score (nSPS) is 13.9. The first-order chi connectivity index (χ1) is 16.3. The quantitative estimate of drug-likeness (QED) is 0.287. The largest absolute Gasteiger partial charge is 0.486 e. The number of ether oxygens (including phenoxy) is 3. The Morgan fingerprint density at radius 2 is 1.97 bits per heavy atom. The molecule has 3 N–H and O–H groups in total. The van der Waals surface area contributed by atoms with Crippen LogP contribution < -0.4 is 19.5 Å². The maximum atomic E-state index is 12.5. The number of anilines is 1. The van der Waals surface area contributed by atoms with Crippen molar-refractivity contribution in [1.82, 2.24) is 24.7 Å². The third-order valence-electron chi connectivity index (χ3n) is 4.82. The average Bonchev–Trinajstić information content (AvgIpc) is 3.31. The number of hydrogen-bond donors (Lipinski definition) is 3. The number of nitrogens with one attached hydrogen (secondary N) is 3. The summed E-state index contributed by atoms with van der Waals surface area (Å²) in [5.41, 5.74) is 0.827. The van der Waals surface area contributed by atoms with E-state index in [2.05, 4.69) is 30.0 Å². The van der Waals surface area contributed by atoms with Gasteiger partial charge in [-0.1, -0.05) is 0 Å². The number of fused-ring (bicyclic) bond motifs is 2. The molecule has 0 radical (unpaired) electrons. The molecule has 13 nitrogen and oxygen atoms in total. The monoisotopic (exact) mass is 490 g/mol. The molecule has 34 heavy (non-hydrogen) atoms. The van der Waals surface area contributed by atoms with E-state index in [1.165, 1.54) is 37.8 Å². The Bertz CT molecular complexity index is 1310. The molecule has 0 saturated heterocycles. The summed E-state index contributed by atoms with van der Waals surface area (Å²) in [6.45, 7) is 2.17. The fourth-order valence-corrected chi connectivity index (χ4v) is 4.19. The Labute approximate surface area is 194 Å². The Morgan fingerprint density at radius 3 is 2.79 bits per heavy atom. The van der Waals surface area contributed by atoms with Crippen molar-refractivity contribution in [2.45, 2.75) is 30.8 Å². The van der Waals surface area contributed by atoms with E-state index in [1.54, 1.807) is 0 Å². The first kappa shape index (κ1) is 23.4. The van der Waals surface area contributed by atoms with Gasteiger partial charge in [0.15, 0.2) is 29.1 Å². The Kier molecular flexibility index (Phi) is 6.88. The third kappa shape index (κ3) is 5.40. The molecule has 1 amide bonds. The molecular weight excluding hydrogens is 468 g/mol. The maximum absolute atomic E-state index is 12.5. The Morgan fingerprint density at radius 1 is 1.18 bits per heavy atom.